The molecule has 2 heterocycles. The molecule has 1 atom stereocenters. The smallest absolute Gasteiger partial charge is 0.0789 e. The van der Waals surface area contributed by atoms with Crippen LogP contribution in [0.2, 0.25) is 0 Å². The van der Waals surface area contributed by atoms with Gasteiger partial charge in [-0.05, 0) is 18.1 Å². The van der Waals surface area contributed by atoms with Crippen molar-refractivity contribution >= 4 is 10.9 Å². The van der Waals surface area contributed by atoms with Crippen LogP contribution in [0.4, 0.5) is 0 Å². The summed E-state index contributed by atoms with van der Waals surface area (Å²) in [5, 5.41) is 11.0. The Morgan fingerprint density at radius 2 is 2.22 bits per heavy atom. The molecule has 0 spiro atoms. The minimum absolute atomic E-state index is 0.329. The number of fused-ring (bicyclic) bond motifs is 3. The topological polar surface area (TPSA) is 65.3 Å². The van der Waals surface area contributed by atoms with E-state index in [1.54, 1.807) is 0 Å². The van der Waals surface area contributed by atoms with Gasteiger partial charge in [-0.2, -0.15) is 0 Å². The number of aromatic nitrogens is 1. The first-order valence-electron chi connectivity index (χ1n) is 6.47. The van der Waals surface area contributed by atoms with Crippen LogP contribution in [0, 0.1) is 0 Å². The first kappa shape index (κ1) is 11.7. The number of β-amino-alcohol motifs (C(OH)–C–C–N with tert-alkyl or cyclic N) is 1. The number of hydrogen-bond acceptors (Lipinski definition) is 3. The Kier molecular flexibility index (Phi) is 3.07. The summed E-state index contributed by atoms with van der Waals surface area (Å²) >= 11 is 0. The van der Waals surface area contributed by atoms with E-state index in [0.717, 1.165) is 19.5 Å². The van der Waals surface area contributed by atoms with E-state index in [1.807, 2.05) is 0 Å². The quantitative estimate of drug-likeness (QED) is 0.751. The number of nitrogens with one attached hydrogen (secondary N) is 1. The van der Waals surface area contributed by atoms with Crippen LogP contribution in [0.5, 0.6) is 0 Å². The van der Waals surface area contributed by atoms with Crippen molar-refractivity contribution in [3.8, 4) is 0 Å². The van der Waals surface area contributed by atoms with Crippen LogP contribution in [0.25, 0.3) is 10.9 Å². The predicted octanol–water partition coefficient (Wildman–Crippen LogP) is 0.846. The molecule has 18 heavy (non-hydrogen) atoms. The molecule has 1 aliphatic heterocycles. The predicted molar refractivity (Wildman–Crippen MR) is 72.3 cm³/mol. The number of hydrogen-bond donors (Lipinski definition) is 3. The number of nitrogens with zero attached hydrogens (tertiary/aromatic N) is 1. The van der Waals surface area contributed by atoms with Gasteiger partial charge in [0.1, 0.15) is 0 Å². The van der Waals surface area contributed by atoms with Gasteiger partial charge >= 0.3 is 0 Å². The number of aliphatic hydroxyl groups is 1. The minimum atomic E-state index is -0.420. The van der Waals surface area contributed by atoms with Gasteiger partial charge in [0.2, 0.25) is 0 Å². The second-order valence-corrected chi connectivity index (χ2v) is 5.00. The van der Waals surface area contributed by atoms with E-state index in [-0.39, 0.29) is 0 Å². The third kappa shape index (κ3) is 2.03. The summed E-state index contributed by atoms with van der Waals surface area (Å²) < 4.78 is 0. The van der Waals surface area contributed by atoms with E-state index >= 15 is 0 Å². The molecular weight excluding hydrogens is 226 g/mol. The molecule has 0 saturated heterocycles. The number of rotatable bonds is 3. The highest BCUT2D eigenvalue weighted by molar-refractivity contribution is 5.84. The Morgan fingerprint density at radius 3 is 3.06 bits per heavy atom. The molecule has 0 saturated carbocycles. The number of nitrogens with two attached hydrogens (primary N) is 1. The highest BCUT2D eigenvalue weighted by Crippen LogP contribution is 2.27. The summed E-state index contributed by atoms with van der Waals surface area (Å²) in [6, 6.07) is 8.43. The molecule has 1 aromatic carbocycles. The standard InChI is InChI=1S/C14H19N3O/c15-7-10(18)8-17-6-5-12-11-3-1-2-4-13(11)16-14(12)9-17/h1-4,10,16,18H,5-9,15H2/t10-/m1/s1. The summed E-state index contributed by atoms with van der Waals surface area (Å²) in [7, 11) is 0. The van der Waals surface area contributed by atoms with Gasteiger partial charge in [0, 0.05) is 42.8 Å². The Morgan fingerprint density at radius 1 is 1.39 bits per heavy atom. The second-order valence-electron chi connectivity index (χ2n) is 5.00. The van der Waals surface area contributed by atoms with Crippen LogP contribution in [0.1, 0.15) is 11.3 Å². The molecule has 0 fully saturated rings. The molecule has 4 N–H and O–H groups in total. The van der Waals surface area contributed by atoms with Crippen LogP contribution in [-0.4, -0.2) is 40.7 Å². The molecule has 1 aromatic heterocycles. The van der Waals surface area contributed by atoms with Gasteiger partial charge in [-0.15, -0.1) is 0 Å². The van der Waals surface area contributed by atoms with Crippen LogP contribution < -0.4 is 5.73 Å². The molecule has 0 aliphatic carbocycles. The molecule has 0 amide bonds. The highest BCUT2D eigenvalue weighted by Gasteiger charge is 2.21. The normalized spacial score (nSPS) is 17.9. The van der Waals surface area contributed by atoms with Crippen molar-refractivity contribution in [2.45, 2.75) is 19.1 Å². The van der Waals surface area contributed by atoms with Crippen molar-refractivity contribution in [3.63, 3.8) is 0 Å². The zero-order valence-corrected chi connectivity index (χ0v) is 10.4. The van der Waals surface area contributed by atoms with Crippen LogP contribution in [0.15, 0.2) is 24.3 Å². The average molecular weight is 245 g/mol. The van der Waals surface area contributed by atoms with Crippen molar-refractivity contribution in [2.75, 3.05) is 19.6 Å². The first-order chi connectivity index (χ1) is 8.78. The lowest BCUT2D eigenvalue weighted by Gasteiger charge is -2.28. The molecule has 2 aromatic rings. The highest BCUT2D eigenvalue weighted by atomic mass is 16.3. The molecule has 4 nitrogen and oxygen atoms in total. The number of benzene rings is 1. The lowest BCUT2D eigenvalue weighted by atomic mass is 10.0. The molecule has 3 rings (SSSR count). The van der Waals surface area contributed by atoms with Gasteiger partial charge in [0.15, 0.2) is 0 Å². The minimum Gasteiger partial charge on any atom is -0.390 e. The SMILES string of the molecule is NC[C@@H](O)CN1CCc2c([nH]c3ccccc23)C1. The largest absolute Gasteiger partial charge is 0.390 e. The van der Waals surface area contributed by atoms with Crippen molar-refractivity contribution in [2.24, 2.45) is 5.73 Å². The fraction of sp³-hybridized carbons (Fsp3) is 0.429. The van der Waals surface area contributed by atoms with E-state index in [4.69, 9.17) is 5.73 Å². The summed E-state index contributed by atoms with van der Waals surface area (Å²) in [5.41, 5.74) is 9.39. The molecule has 0 bridgehead atoms. The maximum atomic E-state index is 9.62. The molecule has 0 radical (unpaired) electrons. The molecule has 96 valence electrons. The summed E-state index contributed by atoms with van der Waals surface area (Å²) in [6.07, 6.45) is 0.618. The molecule has 4 heteroatoms. The summed E-state index contributed by atoms with van der Waals surface area (Å²) in [6.45, 7) is 2.86. The number of aromatic amines is 1. The molecule has 0 unspecified atom stereocenters. The fourth-order valence-electron chi connectivity index (χ4n) is 2.78. The van der Waals surface area contributed by atoms with Crippen LogP contribution in [0.3, 0.4) is 0 Å². The Bertz CT molecular complexity index is 549. The van der Waals surface area contributed by atoms with E-state index in [0.29, 0.717) is 13.1 Å². The van der Waals surface area contributed by atoms with Crippen LogP contribution in [-0.2, 0) is 13.0 Å². The van der Waals surface area contributed by atoms with Crippen molar-refractivity contribution < 1.29 is 5.11 Å². The summed E-state index contributed by atoms with van der Waals surface area (Å²) in [4.78, 5) is 5.74. The van der Waals surface area contributed by atoms with Gasteiger partial charge in [-0.3, -0.25) is 4.90 Å². The second kappa shape index (κ2) is 4.72. The average Bonchev–Trinajstić information content (AvgIpc) is 2.76. The van der Waals surface area contributed by atoms with Gasteiger partial charge in [0.05, 0.1) is 6.10 Å². The number of aliphatic hydroxyl groups excluding tert-OH is 1. The first-order valence-corrected chi connectivity index (χ1v) is 6.47. The number of para-hydroxylation sites is 1. The zero-order valence-electron chi connectivity index (χ0n) is 10.4. The van der Waals surface area contributed by atoms with E-state index in [1.165, 1.54) is 22.2 Å². The Labute approximate surface area is 106 Å². The fourth-order valence-corrected chi connectivity index (χ4v) is 2.78. The summed E-state index contributed by atoms with van der Waals surface area (Å²) in [5.74, 6) is 0. The monoisotopic (exact) mass is 245 g/mol. The van der Waals surface area contributed by atoms with Crippen LogP contribution >= 0.6 is 0 Å². The number of H-pyrrole nitrogens is 1. The van der Waals surface area contributed by atoms with Crippen molar-refractivity contribution in [1.29, 1.82) is 0 Å². The van der Waals surface area contributed by atoms with Gasteiger partial charge in [-0.1, -0.05) is 18.2 Å². The van der Waals surface area contributed by atoms with Gasteiger partial charge in [-0.25, -0.2) is 0 Å². The Balaban J connectivity index is 1.85. The van der Waals surface area contributed by atoms with E-state index < -0.39 is 6.10 Å². The maximum Gasteiger partial charge on any atom is 0.0789 e. The third-order valence-corrected chi connectivity index (χ3v) is 3.70. The van der Waals surface area contributed by atoms with Gasteiger partial charge in [0.25, 0.3) is 0 Å². The third-order valence-electron chi connectivity index (χ3n) is 3.70. The molecule has 1 aliphatic rings. The lowest BCUT2D eigenvalue weighted by Crippen LogP contribution is -2.39. The van der Waals surface area contributed by atoms with Crippen molar-refractivity contribution in [1.82, 2.24) is 9.88 Å². The van der Waals surface area contributed by atoms with Crippen molar-refractivity contribution in [3.05, 3.63) is 35.5 Å². The van der Waals surface area contributed by atoms with E-state index in [2.05, 4.69) is 34.1 Å². The maximum absolute atomic E-state index is 9.62. The van der Waals surface area contributed by atoms with E-state index in [9.17, 15) is 5.11 Å². The van der Waals surface area contributed by atoms with Gasteiger partial charge < -0.3 is 15.8 Å². The Hall–Kier alpha value is -1.36. The zero-order chi connectivity index (χ0) is 12.5. The molecular formula is C14H19N3O. The lowest BCUT2D eigenvalue weighted by molar-refractivity contribution is 0.111.